The van der Waals surface area contributed by atoms with Crippen molar-refractivity contribution in [2.45, 2.75) is 58.5 Å². The van der Waals surface area contributed by atoms with Crippen molar-refractivity contribution < 1.29 is 4.79 Å². The maximum atomic E-state index is 12.1. The van der Waals surface area contributed by atoms with E-state index in [0.29, 0.717) is 18.2 Å². The van der Waals surface area contributed by atoms with Gasteiger partial charge in [0.1, 0.15) is 0 Å². The van der Waals surface area contributed by atoms with Crippen LogP contribution in [-0.2, 0) is 10.3 Å². The Hall–Kier alpha value is -1.40. The molecule has 1 aromatic rings. The van der Waals surface area contributed by atoms with Gasteiger partial charge >= 0.3 is 0 Å². The number of imidazole rings is 1. The van der Waals surface area contributed by atoms with Gasteiger partial charge in [-0.25, -0.2) is 4.98 Å². The minimum absolute atomic E-state index is 0.0552. The lowest BCUT2D eigenvalue weighted by Gasteiger charge is -2.31. The molecule has 130 valence electrons. The van der Waals surface area contributed by atoms with Crippen molar-refractivity contribution in [1.82, 2.24) is 14.5 Å². The maximum absolute atomic E-state index is 12.1. The molecule has 3 N–H and O–H groups in total. The number of aromatic nitrogens is 2. The van der Waals surface area contributed by atoms with Crippen LogP contribution in [0.4, 0.5) is 5.82 Å². The molecule has 0 aliphatic carbocycles. The summed E-state index contributed by atoms with van der Waals surface area (Å²) in [5, 5.41) is 2.82. The summed E-state index contributed by atoms with van der Waals surface area (Å²) in [4.78, 5) is 18.9. The number of carbonyl (C=O) groups is 1. The van der Waals surface area contributed by atoms with Crippen LogP contribution in [0.25, 0.3) is 0 Å². The summed E-state index contributed by atoms with van der Waals surface area (Å²) in [5.41, 5.74) is 5.86. The van der Waals surface area contributed by atoms with Crippen LogP contribution < -0.4 is 11.1 Å². The lowest BCUT2D eigenvalue weighted by Crippen LogP contribution is -2.39. The fourth-order valence-electron chi connectivity index (χ4n) is 3.12. The Labute approximate surface area is 139 Å². The van der Waals surface area contributed by atoms with E-state index in [-0.39, 0.29) is 11.4 Å². The molecule has 6 nitrogen and oxygen atoms in total. The molecule has 1 aliphatic heterocycles. The van der Waals surface area contributed by atoms with Crippen molar-refractivity contribution in [1.29, 1.82) is 0 Å². The highest BCUT2D eigenvalue weighted by Gasteiger charge is 2.26. The second-order valence-corrected chi connectivity index (χ2v) is 7.69. The Balaban J connectivity index is 1.95. The van der Waals surface area contributed by atoms with Gasteiger partial charge in [0.25, 0.3) is 0 Å². The van der Waals surface area contributed by atoms with Crippen molar-refractivity contribution in [3.63, 3.8) is 0 Å². The SMILES string of the molecule is CC(C)CC(N)C(=O)Nc1cn(C(C)(C)CN2CCCC2)cn1. The van der Waals surface area contributed by atoms with Gasteiger partial charge in [-0.3, -0.25) is 4.79 Å². The fourth-order valence-corrected chi connectivity index (χ4v) is 3.12. The Kier molecular flexibility index (Phi) is 5.81. The summed E-state index contributed by atoms with van der Waals surface area (Å²) in [6, 6.07) is -0.488. The molecule has 23 heavy (non-hydrogen) atoms. The van der Waals surface area contributed by atoms with E-state index in [9.17, 15) is 4.79 Å². The van der Waals surface area contributed by atoms with E-state index in [1.807, 2.05) is 6.20 Å². The Morgan fingerprint density at radius 3 is 2.65 bits per heavy atom. The number of likely N-dealkylation sites (tertiary alicyclic amines) is 1. The Morgan fingerprint density at radius 1 is 1.39 bits per heavy atom. The van der Waals surface area contributed by atoms with Gasteiger partial charge in [-0.15, -0.1) is 0 Å². The van der Waals surface area contributed by atoms with Gasteiger partial charge in [0.2, 0.25) is 5.91 Å². The first-order valence-corrected chi connectivity index (χ1v) is 8.61. The van der Waals surface area contributed by atoms with E-state index in [1.165, 1.54) is 25.9 Å². The monoisotopic (exact) mass is 321 g/mol. The van der Waals surface area contributed by atoms with E-state index >= 15 is 0 Å². The number of nitrogens with two attached hydrogens (primary N) is 1. The van der Waals surface area contributed by atoms with E-state index in [4.69, 9.17) is 5.73 Å². The molecule has 1 unspecified atom stereocenters. The van der Waals surface area contributed by atoms with E-state index < -0.39 is 6.04 Å². The maximum Gasteiger partial charge on any atom is 0.242 e. The highest BCUT2D eigenvalue weighted by atomic mass is 16.2. The van der Waals surface area contributed by atoms with Crippen molar-refractivity contribution in [3.05, 3.63) is 12.5 Å². The highest BCUT2D eigenvalue weighted by molar-refractivity contribution is 5.93. The molecule has 0 spiro atoms. The third-order valence-electron chi connectivity index (χ3n) is 4.40. The van der Waals surface area contributed by atoms with Crippen LogP contribution in [0.15, 0.2) is 12.5 Å². The van der Waals surface area contributed by atoms with Gasteiger partial charge in [0, 0.05) is 12.7 Å². The molecule has 2 rings (SSSR count). The zero-order valence-electron chi connectivity index (χ0n) is 14.9. The van der Waals surface area contributed by atoms with Crippen molar-refractivity contribution in [2.75, 3.05) is 25.0 Å². The smallest absolute Gasteiger partial charge is 0.242 e. The minimum Gasteiger partial charge on any atom is -0.328 e. The van der Waals surface area contributed by atoms with Gasteiger partial charge in [-0.05, 0) is 52.1 Å². The first-order chi connectivity index (χ1) is 10.8. The first kappa shape index (κ1) is 17.9. The highest BCUT2D eigenvalue weighted by Crippen LogP contribution is 2.21. The third kappa shape index (κ3) is 5.04. The number of hydrogen-bond acceptors (Lipinski definition) is 4. The Bertz CT molecular complexity index is 517. The van der Waals surface area contributed by atoms with E-state index in [1.54, 1.807) is 6.33 Å². The van der Waals surface area contributed by atoms with Crippen molar-refractivity contribution in [3.8, 4) is 0 Å². The standard InChI is InChI=1S/C17H31N5O/c1-13(2)9-14(18)16(23)20-15-10-22(12-19-15)17(3,4)11-21-7-5-6-8-21/h10,12-14H,5-9,11,18H2,1-4H3,(H,20,23). The molecule has 0 bridgehead atoms. The normalized spacial score (nSPS) is 17.7. The molecule has 1 aliphatic rings. The predicted molar refractivity (Wildman–Crippen MR) is 93.3 cm³/mol. The minimum atomic E-state index is -0.488. The van der Waals surface area contributed by atoms with Crippen LogP contribution in [0.2, 0.25) is 0 Å². The molecule has 1 fully saturated rings. The number of hydrogen-bond donors (Lipinski definition) is 2. The van der Waals surface area contributed by atoms with Gasteiger partial charge in [0.05, 0.1) is 17.9 Å². The summed E-state index contributed by atoms with van der Waals surface area (Å²) >= 11 is 0. The number of anilines is 1. The second kappa shape index (κ2) is 7.45. The average Bonchev–Trinajstić information content (AvgIpc) is 3.09. The molecular formula is C17H31N5O. The lowest BCUT2D eigenvalue weighted by molar-refractivity contribution is -0.117. The van der Waals surface area contributed by atoms with Crippen LogP contribution in [0.5, 0.6) is 0 Å². The lowest BCUT2D eigenvalue weighted by atomic mass is 10.0. The molecule has 0 saturated carbocycles. The topological polar surface area (TPSA) is 76.2 Å². The fraction of sp³-hybridized carbons (Fsp3) is 0.765. The van der Waals surface area contributed by atoms with E-state index in [2.05, 4.69) is 47.5 Å². The molecule has 6 heteroatoms. The third-order valence-corrected chi connectivity index (χ3v) is 4.40. The summed E-state index contributed by atoms with van der Waals surface area (Å²) in [7, 11) is 0. The molecular weight excluding hydrogens is 290 g/mol. The van der Waals surface area contributed by atoms with Crippen LogP contribution in [-0.4, -0.2) is 46.0 Å². The number of nitrogens with one attached hydrogen (secondary N) is 1. The molecule has 0 aromatic carbocycles. The van der Waals surface area contributed by atoms with Crippen molar-refractivity contribution >= 4 is 11.7 Å². The largest absolute Gasteiger partial charge is 0.328 e. The summed E-state index contributed by atoms with van der Waals surface area (Å²) in [5.74, 6) is 0.803. The van der Waals surface area contributed by atoms with Gasteiger partial charge < -0.3 is 20.5 Å². The van der Waals surface area contributed by atoms with Crippen LogP contribution in [0.1, 0.15) is 47.0 Å². The number of carbonyl (C=O) groups excluding carboxylic acids is 1. The molecule has 2 heterocycles. The summed E-state index contributed by atoms with van der Waals surface area (Å²) < 4.78 is 2.08. The molecule has 1 saturated heterocycles. The van der Waals surface area contributed by atoms with E-state index in [0.717, 1.165) is 6.54 Å². The van der Waals surface area contributed by atoms with Gasteiger partial charge in [-0.2, -0.15) is 0 Å². The average molecular weight is 321 g/mol. The summed E-state index contributed by atoms with van der Waals surface area (Å²) in [6.07, 6.45) is 6.94. The van der Waals surface area contributed by atoms with Crippen LogP contribution >= 0.6 is 0 Å². The van der Waals surface area contributed by atoms with Crippen LogP contribution in [0, 0.1) is 5.92 Å². The molecule has 1 amide bonds. The number of nitrogens with zero attached hydrogens (tertiary/aromatic N) is 3. The molecule has 0 radical (unpaired) electrons. The van der Waals surface area contributed by atoms with Crippen molar-refractivity contribution in [2.24, 2.45) is 11.7 Å². The first-order valence-electron chi connectivity index (χ1n) is 8.61. The predicted octanol–water partition coefficient (Wildman–Crippen LogP) is 2.03. The second-order valence-electron chi connectivity index (χ2n) is 7.69. The Morgan fingerprint density at radius 2 is 2.04 bits per heavy atom. The number of amides is 1. The molecule has 1 aromatic heterocycles. The zero-order valence-corrected chi connectivity index (χ0v) is 14.9. The number of rotatable bonds is 7. The van der Waals surface area contributed by atoms with Crippen LogP contribution in [0.3, 0.4) is 0 Å². The quantitative estimate of drug-likeness (QED) is 0.805. The van der Waals surface area contributed by atoms with Gasteiger partial charge in [-0.1, -0.05) is 13.8 Å². The summed E-state index contributed by atoms with van der Waals surface area (Å²) in [6.45, 7) is 11.8. The van der Waals surface area contributed by atoms with Gasteiger partial charge in [0.15, 0.2) is 5.82 Å². The molecule has 1 atom stereocenters. The zero-order chi connectivity index (χ0) is 17.0.